The van der Waals surface area contributed by atoms with Gasteiger partial charge >= 0.3 is 0 Å². The highest BCUT2D eigenvalue weighted by molar-refractivity contribution is 9.10. The van der Waals surface area contributed by atoms with Crippen LogP contribution in [0.1, 0.15) is 6.92 Å². The second kappa shape index (κ2) is 7.97. The largest absolute Gasteiger partial charge is 0.436 e. The van der Waals surface area contributed by atoms with Crippen molar-refractivity contribution < 1.29 is 13.6 Å². The number of nitrogens with zero attached hydrogens (tertiary/aromatic N) is 2. The maximum atomic E-state index is 11.1. The molecule has 1 amide bonds. The molecule has 0 saturated carbocycles. The van der Waals surface area contributed by atoms with E-state index in [-0.39, 0.29) is 5.91 Å². The summed E-state index contributed by atoms with van der Waals surface area (Å²) in [4.78, 5) is 19.4. The van der Waals surface area contributed by atoms with Gasteiger partial charge in [0, 0.05) is 45.3 Å². The van der Waals surface area contributed by atoms with Gasteiger partial charge in [0.15, 0.2) is 11.2 Å². The predicted molar refractivity (Wildman–Crippen MR) is 129 cm³/mol. The van der Waals surface area contributed by atoms with Gasteiger partial charge in [-0.1, -0.05) is 28.1 Å². The number of anilines is 2. The lowest BCUT2D eigenvalue weighted by atomic mass is 10.2. The Balaban J connectivity index is 0.000000136. The summed E-state index contributed by atoms with van der Waals surface area (Å²) >= 11 is 3.49. The third-order valence-electron chi connectivity index (χ3n) is 4.96. The van der Waals surface area contributed by atoms with E-state index in [1.807, 2.05) is 54.6 Å². The van der Waals surface area contributed by atoms with Gasteiger partial charge in [-0.3, -0.25) is 4.79 Å². The summed E-state index contributed by atoms with van der Waals surface area (Å²) in [6.45, 7) is 1.47. The summed E-state index contributed by atoms with van der Waals surface area (Å²) in [6, 6.07) is 17.0. The van der Waals surface area contributed by atoms with Crippen molar-refractivity contribution in [2.75, 3.05) is 11.1 Å². The molecule has 0 aliphatic heterocycles. The molecule has 6 rings (SSSR count). The van der Waals surface area contributed by atoms with Crippen LogP contribution in [0.2, 0.25) is 0 Å². The van der Waals surface area contributed by atoms with E-state index in [1.165, 1.54) is 6.92 Å². The number of hydrogen-bond donors (Lipinski definition) is 2. The number of rotatable bonds is 1. The minimum Gasteiger partial charge on any atom is -0.436 e. The average molecular weight is 489 g/mol. The summed E-state index contributed by atoms with van der Waals surface area (Å²) in [7, 11) is 0. The van der Waals surface area contributed by atoms with Crippen LogP contribution in [0.4, 0.5) is 11.4 Å². The van der Waals surface area contributed by atoms with Crippen LogP contribution in [0, 0.1) is 0 Å². The Hall–Kier alpha value is -3.91. The first-order valence-corrected chi connectivity index (χ1v) is 10.6. The highest BCUT2D eigenvalue weighted by atomic mass is 79.9. The van der Waals surface area contributed by atoms with Crippen molar-refractivity contribution in [3.05, 3.63) is 71.5 Å². The zero-order valence-corrected chi connectivity index (χ0v) is 18.5. The molecule has 0 radical (unpaired) electrons. The van der Waals surface area contributed by atoms with Crippen LogP contribution in [0.15, 0.2) is 80.3 Å². The van der Waals surface area contributed by atoms with E-state index < -0.39 is 0 Å². The van der Waals surface area contributed by atoms with Crippen LogP contribution in [0.3, 0.4) is 0 Å². The van der Waals surface area contributed by atoms with Crippen LogP contribution in [0.5, 0.6) is 0 Å². The molecule has 0 aliphatic rings. The van der Waals surface area contributed by atoms with Crippen molar-refractivity contribution >= 4 is 77.3 Å². The number of hydrogen-bond acceptors (Lipinski definition) is 6. The molecule has 0 fully saturated rings. The summed E-state index contributed by atoms with van der Waals surface area (Å²) in [5.41, 5.74) is 9.71. The number of pyridine rings is 2. The number of nitrogen functional groups attached to an aromatic ring is 1. The van der Waals surface area contributed by atoms with Gasteiger partial charge in [0.05, 0.1) is 11.4 Å². The summed E-state index contributed by atoms with van der Waals surface area (Å²) in [6.07, 6.45) is 3.39. The standard InChI is InChI=1S/C13H10N2O2.C11H7BrN2O/c1-8(16)15-11-6-2-4-9-10-5-3-7-14-13(10)17-12(9)11;12-7-3-4-8(13)10-9(7)6-2-1-5-14-11(6)15-10/h2-7H,1H3,(H,15,16);1-5H,13H2. The van der Waals surface area contributed by atoms with Crippen LogP contribution < -0.4 is 11.1 Å². The smallest absolute Gasteiger partial charge is 0.227 e. The predicted octanol–water partition coefficient (Wildman–Crippen LogP) is 6.27. The molecule has 0 saturated heterocycles. The molecule has 4 heterocycles. The van der Waals surface area contributed by atoms with Crippen molar-refractivity contribution in [3.63, 3.8) is 0 Å². The van der Waals surface area contributed by atoms with Crippen LogP contribution in [-0.4, -0.2) is 15.9 Å². The number of para-hydroxylation sites is 1. The van der Waals surface area contributed by atoms with Gasteiger partial charge in [0.2, 0.25) is 17.3 Å². The third-order valence-corrected chi connectivity index (χ3v) is 5.62. The normalized spacial score (nSPS) is 11.1. The minimum absolute atomic E-state index is 0.120. The van der Waals surface area contributed by atoms with Gasteiger partial charge in [0.1, 0.15) is 0 Å². The molecule has 2 aromatic carbocycles. The summed E-state index contributed by atoms with van der Waals surface area (Å²) < 4.78 is 12.2. The number of halogens is 1. The maximum Gasteiger partial charge on any atom is 0.227 e. The van der Waals surface area contributed by atoms with Gasteiger partial charge in [-0.05, 0) is 42.5 Å². The Morgan fingerprint density at radius 1 is 0.875 bits per heavy atom. The number of carbonyl (C=O) groups excluding carboxylic acids is 1. The molecule has 0 bridgehead atoms. The Morgan fingerprint density at radius 2 is 1.53 bits per heavy atom. The van der Waals surface area contributed by atoms with E-state index in [0.717, 1.165) is 26.0 Å². The molecule has 0 unspecified atom stereocenters. The number of fused-ring (bicyclic) bond motifs is 6. The van der Waals surface area contributed by atoms with Gasteiger partial charge in [0.25, 0.3) is 0 Å². The molecular weight excluding hydrogens is 472 g/mol. The molecule has 8 heteroatoms. The zero-order valence-electron chi connectivity index (χ0n) is 16.9. The first kappa shape index (κ1) is 20.0. The fraction of sp³-hybridized carbons (Fsp3) is 0.0417. The Bertz CT molecular complexity index is 1620. The van der Waals surface area contributed by atoms with Gasteiger partial charge in [-0.15, -0.1) is 0 Å². The number of nitrogens with one attached hydrogen (secondary N) is 1. The number of carbonyl (C=O) groups is 1. The maximum absolute atomic E-state index is 11.1. The molecule has 0 atom stereocenters. The highest BCUT2D eigenvalue weighted by Crippen LogP contribution is 2.36. The quantitative estimate of drug-likeness (QED) is 0.264. The molecule has 0 aliphatic carbocycles. The molecule has 3 N–H and O–H groups in total. The molecule has 6 aromatic rings. The third kappa shape index (κ3) is 3.44. The SMILES string of the molecule is CC(=O)Nc1cccc2c1oc1ncccc12.Nc1ccc(Br)c2c1oc1ncccc12. The van der Waals surface area contributed by atoms with Crippen LogP contribution >= 0.6 is 15.9 Å². The average Bonchev–Trinajstić information content (AvgIpc) is 3.37. The minimum atomic E-state index is -0.120. The first-order chi connectivity index (χ1) is 15.5. The van der Waals surface area contributed by atoms with Crippen molar-refractivity contribution in [2.24, 2.45) is 0 Å². The second-order valence-electron chi connectivity index (χ2n) is 7.12. The summed E-state index contributed by atoms with van der Waals surface area (Å²) in [5, 5.41) is 6.62. The Kier molecular flexibility index (Phi) is 4.99. The number of furan rings is 2. The van der Waals surface area contributed by atoms with Crippen molar-refractivity contribution in [1.29, 1.82) is 0 Å². The van der Waals surface area contributed by atoms with E-state index in [1.54, 1.807) is 12.4 Å². The van der Waals surface area contributed by atoms with E-state index in [9.17, 15) is 4.79 Å². The second-order valence-corrected chi connectivity index (χ2v) is 7.97. The van der Waals surface area contributed by atoms with Crippen LogP contribution in [-0.2, 0) is 4.79 Å². The Morgan fingerprint density at radius 3 is 2.28 bits per heavy atom. The van der Waals surface area contributed by atoms with E-state index in [4.69, 9.17) is 14.6 Å². The topological polar surface area (TPSA) is 107 Å². The molecule has 32 heavy (non-hydrogen) atoms. The Labute approximate surface area is 190 Å². The van der Waals surface area contributed by atoms with Crippen molar-refractivity contribution in [1.82, 2.24) is 9.97 Å². The lowest BCUT2D eigenvalue weighted by molar-refractivity contribution is -0.114. The molecule has 4 aromatic heterocycles. The molecular formula is C24H17BrN4O3. The van der Waals surface area contributed by atoms with Gasteiger partial charge < -0.3 is 19.9 Å². The molecule has 158 valence electrons. The summed E-state index contributed by atoms with van der Waals surface area (Å²) in [5.74, 6) is -0.120. The van der Waals surface area contributed by atoms with Gasteiger partial charge in [-0.2, -0.15) is 0 Å². The number of aromatic nitrogens is 2. The van der Waals surface area contributed by atoms with E-state index in [2.05, 4.69) is 31.2 Å². The lowest BCUT2D eigenvalue weighted by Gasteiger charge is -2.01. The number of benzene rings is 2. The first-order valence-electron chi connectivity index (χ1n) is 9.78. The lowest BCUT2D eigenvalue weighted by Crippen LogP contribution is -2.05. The van der Waals surface area contributed by atoms with Crippen LogP contribution in [0.25, 0.3) is 44.1 Å². The zero-order chi connectivity index (χ0) is 22.2. The number of amides is 1. The highest BCUT2D eigenvalue weighted by Gasteiger charge is 2.13. The molecule has 7 nitrogen and oxygen atoms in total. The fourth-order valence-electron chi connectivity index (χ4n) is 3.62. The van der Waals surface area contributed by atoms with Gasteiger partial charge in [-0.25, -0.2) is 9.97 Å². The van der Waals surface area contributed by atoms with Crippen molar-refractivity contribution in [3.8, 4) is 0 Å². The van der Waals surface area contributed by atoms with E-state index in [0.29, 0.717) is 34.0 Å². The fourth-order valence-corrected chi connectivity index (χ4v) is 4.14. The monoisotopic (exact) mass is 488 g/mol. The molecule has 0 spiro atoms. The van der Waals surface area contributed by atoms with Crippen molar-refractivity contribution in [2.45, 2.75) is 6.92 Å². The van der Waals surface area contributed by atoms with E-state index >= 15 is 0 Å². The number of nitrogens with two attached hydrogens (primary N) is 1.